The summed E-state index contributed by atoms with van der Waals surface area (Å²) >= 11 is 1.44. The monoisotopic (exact) mass is 235 g/mol. The number of amides is 1. The minimum Gasteiger partial charge on any atom is -0.480 e. The molecule has 0 heterocycles. The van der Waals surface area contributed by atoms with Crippen molar-refractivity contribution in [1.82, 2.24) is 5.32 Å². The number of rotatable bonds is 9. The van der Waals surface area contributed by atoms with Gasteiger partial charge >= 0.3 is 5.97 Å². The van der Waals surface area contributed by atoms with Crippen LogP contribution in [0.2, 0.25) is 0 Å². The Hall–Kier alpha value is -0.750. The maximum absolute atomic E-state index is 10.6. The maximum atomic E-state index is 10.6. The molecular formula is C9H17NO4S. The number of carbonyl (C=O) groups excluding carboxylic acids is 1. The number of carboxylic acids is 1. The van der Waals surface area contributed by atoms with E-state index in [2.05, 4.69) is 5.32 Å². The normalized spacial score (nSPS) is 12.5. The van der Waals surface area contributed by atoms with Crippen molar-refractivity contribution >= 4 is 24.1 Å². The molecule has 6 heteroatoms. The summed E-state index contributed by atoms with van der Waals surface area (Å²) < 4.78 is 5.29. The van der Waals surface area contributed by atoms with Crippen LogP contribution in [-0.4, -0.2) is 47.7 Å². The molecule has 0 aliphatic carbocycles. The maximum Gasteiger partial charge on any atom is 0.327 e. The number of ether oxygens (including phenoxy) is 1. The Bertz CT molecular complexity index is 199. The van der Waals surface area contributed by atoms with Gasteiger partial charge in [-0.1, -0.05) is 0 Å². The smallest absolute Gasteiger partial charge is 0.327 e. The lowest BCUT2D eigenvalue weighted by Crippen LogP contribution is -2.38. The van der Waals surface area contributed by atoms with Crippen LogP contribution in [0.3, 0.4) is 0 Å². The van der Waals surface area contributed by atoms with Gasteiger partial charge in [0.05, 0.1) is 12.7 Å². The summed E-state index contributed by atoms with van der Waals surface area (Å²) in [5.74, 6) is 0.0669. The Morgan fingerprint density at radius 2 is 2.27 bits per heavy atom. The molecule has 0 spiro atoms. The summed E-state index contributed by atoms with van der Waals surface area (Å²) in [5, 5.41) is 10.9. The summed E-state index contributed by atoms with van der Waals surface area (Å²) in [4.78, 5) is 20.7. The Labute approximate surface area is 93.6 Å². The molecule has 88 valence electrons. The second-order valence-corrected chi connectivity index (χ2v) is 4.32. The minimum absolute atomic E-state index is 0.189. The van der Waals surface area contributed by atoms with E-state index in [1.165, 1.54) is 11.8 Å². The topological polar surface area (TPSA) is 75.6 Å². The van der Waals surface area contributed by atoms with E-state index in [1.807, 2.05) is 13.8 Å². The molecule has 1 amide bonds. The van der Waals surface area contributed by atoms with E-state index < -0.39 is 12.0 Å². The number of aliphatic carboxylic acids is 1. The Kier molecular flexibility index (Phi) is 8.12. The molecule has 0 radical (unpaired) electrons. The molecule has 0 aromatic carbocycles. The van der Waals surface area contributed by atoms with Crippen molar-refractivity contribution in [3.63, 3.8) is 0 Å². The highest BCUT2D eigenvalue weighted by molar-refractivity contribution is 7.99. The Balaban J connectivity index is 3.53. The van der Waals surface area contributed by atoms with E-state index >= 15 is 0 Å². The van der Waals surface area contributed by atoms with E-state index in [-0.39, 0.29) is 6.10 Å². The van der Waals surface area contributed by atoms with Gasteiger partial charge in [0.2, 0.25) is 6.41 Å². The molecule has 15 heavy (non-hydrogen) atoms. The van der Waals surface area contributed by atoms with Crippen molar-refractivity contribution in [1.29, 1.82) is 0 Å². The third kappa shape index (κ3) is 8.26. The van der Waals surface area contributed by atoms with Crippen LogP contribution in [0, 0.1) is 0 Å². The number of carboxylic acid groups (broad SMARTS) is 1. The van der Waals surface area contributed by atoms with Crippen LogP contribution in [-0.2, 0) is 14.3 Å². The van der Waals surface area contributed by atoms with E-state index in [9.17, 15) is 9.59 Å². The number of hydrogen-bond acceptors (Lipinski definition) is 4. The summed E-state index contributed by atoms with van der Waals surface area (Å²) in [6, 6.07) is -0.813. The van der Waals surface area contributed by atoms with Gasteiger partial charge < -0.3 is 15.2 Å². The first-order valence-electron chi connectivity index (χ1n) is 4.69. The van der Waals surface area contributed by atoms with Crippen molar-refractivity contribution in [3.05, 3.63) is 0 Å². The lowest BCUT2D eigenvalue weighted by atomic mass is 10.3. The van der Waals surface area contributed by atoms with Crippen molar-refractivity contribution in [2.75, 3.05) is 18.1 Å². The molecule has 0 rings (SSSR count). The molecule has 0 aliphatic heterocycles. The zero-order valence-electron chi connectivity index (χ0n) is 8.93. The van der Waals surface area contributed by atoms with Crippen LogP contribution in [0.25, 0.3) is 0 Å². The SMILES string of the molecule is CC(C)OCCSCC(NC=O)C(=O)O. The fourth-order valence-electron chi connectivity index (χ4n) is 0.817. The average Bonchev–Trinajstić information content (AvgIpc) is 2.15. The average molecular weight is 235 g/mol. The molecule has 0 saturated heterocycles. The first kappa shape index (κ1) is 14.2. The van der Waals surface area contributed by atoms with Gasteiger partial charge in [-0.15, -0.1) is 0 Å². The van der Waals surface area contributed by atoms with Gasteiger partial charge in [0, 0.05) is 11.5 Å². The second kappa shape index (κ2) is 8.55. The van der Waals surface area contributed by atoms with Gasteiger partial charge in [-0.05, 0) is 13.8 Å². The van der Waals surface area contributed by atoms with Crippen LogP contribution in [0.4, 0.5) is 0 Å². The van der Waals surface area contributed by atoms with Gasteiger partial charge in [-0.25, -0.2) is 4.79 Å². The van der Waals surface area contributed by atoms with E-state index in [1.54, 1.807) is 0 Å². The first-order valence-corrected chi connectivity index (χ1v) is 5.85. The molecule has 0 aromatic heterocycles. The van der Waals surface area contributed by atoms with Crippen LogP contribution < -0.4 is 5.32 Å². The summed E-state index contributed by atoms with van der Waals surface area (Å²) in [5.41, 5.74) is 0. The highest BCUT2D eigenvalue weighted by Gasteiger charge is 2.15. The Morgan fingerprint density at radius 3 is 2.73 bits per heavy atom. The summed E-state index contributed by atoms with van der Waals surface area (Å²) in [6.45, 7) is 4.48. The van der Waals surface area contributed by atoms with Crippen molar-refractivity contribution in [2.45, 2.75) is 26.0 Å². The molecule has 0 aliphatic rings. The molecular weight excluding hydrogens is 218 g/mol. The zero-order chi connectivity index (χ0) is 11.7. The van der Waals surface area contributed by atoms with Crippen LogP contribution in [0.1, 0.15) is 13.8 Å². The van der Waals surface area contributed by atoms with E-state index in [0.717, 1.165) is 5.75 Å². The van der Waals surface area contributed by atoms with Gasteiger partial charge in [0.25, 0.3) is 0 Å². The summed E-state index contributed by atoms with van der Waals surface area (Å²) in [7, 11) is 0. The molecule has 0 saturated carbocycles. The van der Waals surface area contributed by atoms with Crippen LogP contribution in [0.15, 0.2) is 0 Å². The number of carbonyl (C=O) groups is 2. The van der Waals surface area contributed by atoms with Crippen molar-refractivity contribution in [2.24, 2.45) is 0 Å². The fraction of sp³-hybridized carbons (Fsp3) is 0.778. The second-order valence-electron chi connectivity index (χ2n) is 3.17. The predicted molar refractivity (Wildman–Crippen MR) is 59.0 cm³/mol. The third-order valence-corrected chi connectivity index (χ3v) is 2.56. The lowest BCUT2D eigenvalue weighted by molar-refractivity contribution is -0.139. The fourth-order valence-corrected chi connectivity index (χ4v) is 1.67. The highest BCUT2D eigenvalue weighted by Crippen LogP contribution is 2.03. The van der Waals surface area contributed by atoms with Crippen LogP contribution >= 0.6 is 11.8 Å². The summed E-state index contributed by atoms with van der Waals surface area (Å²) in [6.07, 6.45) is 0.596. The van der Waals surface area contributed by atoms with Crippen molar-refractivity contribution < 1.29 is 19.4 Å². The van der Waals surface area contributed by atoms with Gasteiger partial charge in [-0.3, -0.25) is 4.79 Å². The first-order chi connectivity index (χ1) is 7.07. The number of thioether (sulfide) groups is 1. The molecule has 0 aromatic rings. The number of hydrogen-bond donors (Lipinski definition) is 2. The van der Waals surface area contributed by atoms with E-state index in [4.69, 9.17) is 9.84 Å². The molecule has 2 N–H and O–H groups in total. The molecule has 1 atom stereocenters. The third-order valence-electron chi connectivity index (χ3n) is 1.53. The van der Waals surface area contributed by atoms with Gasteiger partial charge in [-0.2, -0.15) is 11.8 Å². The van der Waals surface area contributed by atoms with E-state index in [0.29, 0.717) is 18.8 Å². The standard InChI is InChI=1S/C9H17NO4S/c1-7(2)14-3-4-15-5-8(9(12)13)10-6-11/h6-8H,3-5H2,1-2H3,(H,10,11)(H,12,13). The molecule has 5 nitrogen and oxygen atoms in total. The van der Waals surface area contributed by atoms with Gasteiger partial charge in [0.1, 0.15) is 6.04 Å². The Morgan fingerprint density at radius 1 is 1.60 bits per heavy atom. The lowest BCUT2D eigenvalue weighted by Gasteiger charge is -2.11. The molecule has 0 bridgehead atoms. The van der Waals surface area contributed by atoms with Crippen LogP contribution in [0.5, 0.6) is 0 Å². The quantitative estimate of drug-likeness (QED) is 0.445. The highest BCUT2D eigenvalue weighted by atomic mass is 32.2. The molecule has 0 fully saturated rings. The zero-order valence-corrected chi connectivity index (χ0v) is 9.75. The largest absolute Gasteiger partial charge is 0.480 e. The predicted octanol–water partition coefficient (Wildman–Crippen LogP) is 0.344. The minimum atomic E-state index is -1.01. The number of nitrogens with one attached hydrogen (secondary N) is 1. The van der Waals surface area contributed by atoms with Crippen molar-refractivity contribution in [3.8, 4) is 0 Å². The molecule has 1 unspecified atom stereocenters. The van der Waals surface area contributed by atoms with Gasteiger partial charge in [0.15, 0.2) is 0 Å².